The summed E-state index contributed by atoms with van der Waals surface area (Å²) >= 11 is 5.46. The molecule has 0 fully saturated rings. The molecule has 2 aromatic rings. The van der Waals surface area contributed by atoms with Gasteiger partial charge in [-0.05, 0) is 36.3 Å². The molecule has 3 nitrogen and oxygen atoms in total. The maximum atomic E-state index is 12.8. The summed E-state index contributed by atoms with van der Waals surface area (Å²) in [5, 5.41) is 3.67. The molecule has 0 bridgehead atoms. The van der Waals surface area contributed by atoms with E-state index in [2.05, 4.69) is 12.2 Å². The van der Waals surface area contributed by atoms with Crippen molar-refractivity contribution in [2.75, 3.05) is 6.54 Å². The van der Waals surface area contributed by atoms with Gasteiger partial charge in [0.05, 0.1) is 6.54 Å². The summed E-state index contributed by atoms with van der Waals surface area (Å²) in [6, 6.07) is 19.1. The molecule has 0 aliphatic heterocycles. The van der Waals surface area contributed by atoms with E-state index in [-0.39, 0.29) is 5.91 Å². The Bertz CT molecular complexity index is 628. The van der Waals surface area contributed by atoms with Crippen LogP contribution in [0.15, 0.2) is 60.7 Å². The maximum absolute atomic E-state index is 12.8. The molecule has 0 aliphatic rings. The number of nitrogens with zero attached hydrogens (tertiary/aromatic N) is 1. The normalized spacial score (nSPS) is 10.1. The van der Waals surface area contributed by atoms with Crippen molar-refractivity contribution in [1.29, 1.82) is 0 Å². The Kier molecular flexibility index (Phi) is 6.76. The summed E-state index contributed by atoms with van der Waals surface area (Å²) in [4.78, 5) is 14.5. The number of rotatable bonds is 6. The van der Waals surface area contributed by atoms with E-state index in [1.807, 2.05) is 60.7 Å². The predicted octanol–water partition coefficient (Wildman–Crippen LogP) is 4.00. The third kappa shape index (κ3) is 5.18. The molecule has 0 atom stereocenters. The molecule has 120 valence electrons. The Morgan fingerprint density at radius 2 is 1.65 bits per heavy atom. The van der Waals surface area contributed by atoms with Crippen molar-refractivity contribution in [2.45, 2.75) is 26.3 Å². The molecule has 0 radical (unpaired) electrons. The van der Waals surface area contributed by atoms with Crippen LogP contribution in [-0.4, -0.2) is 22.5 Å². The first-order chi connectivity index (χ1) is 11.2. The molecule has 1 amide bonds. The Labute approximate surface area is 143 Å². The first-order valence-corrected chi connectivity index (χ1v) is 8.32. The summed E-state index contributed by atoms with van der Waals surface area (Å²) < 4.78 is 0. The van der Waals surface area contributed by atoms with E-state index >= 15 is 0 Å². The first kappa shape index (κ1) is 17.2. The van der Waals surface area contributed by atoms with E-state index in [1.165, 1.54) is 0 Å². The standard InChI is InChI=1S/C19H22N2OS/c1-2-3-14-20-19(23)21(15-16-10-6-4-7-11-16)18(22)17-12-8-5-9-13-17/h4-13H,2-3,14-15H2,1H3,(H,20,23). The second kappa shape index (κ2) is 9.06. The highest BCUT2D eigenvalue weighted by molar-refractivity contribution is 7.80. The van der Waals surface area contributed by atoms with E-state index in [1.54, 1.807) is 4.90 Å². The third-order valence-corrected chi connectivity index (χ3v) is 3.87. The second-order valence-electron chi connectivity index (χ2n) is 5.33. The van der Waals surface area contributed by atoms with Crippen molar-refractivity contribution in [2.24, 2.45) is 0 Å². The van der Waals surface area contributed by atoms with Gasteiger partial charge >= 0.3 is 0 Å². The van der Waals surface area contributed by atoms with Crippen LogP contribution in [0.2, 0.25) is 0 Å². The van der Waals surface area contributed by atoms with Crippen LogP contribution in [0.4, 0.5) is 0 Å². The highest BCUT2D eigenvalue weighted by Crippen LogP contribution is 2.11. The topological polar surface area (TPSA) is 32.3 Å². The van der Waals surface area contributed by atoms with Crippen molar-refractivity contribution in [3.05, 3.63) is 71.8 Å². The van der Waals surface area contributed by atoms with Crippen LogP contribution in [0.25, 0.3) is 0 Å². The molecule has 0 heterocycles. The summed E-state index contributed by atoms with van der Waals surface area (Å²) in [5.74, 6) is -0.0801. The fourth-order valence-electron chi connectivity index (χ4n) is 2.21. The monoisotopic (exact) mass is 326 g/mol. The molecule has 0 saturated heterocycles. The molecule has 1 N–H and O–H groups in total. The maximum Gasteiger partial charge on any atom is 0.260 e. The van der Waals surface area contributed by atoms with Gasteiger partial charge in [-0.3, -0.25) is 9.69 Å². The van der Waals surface area contributed by atoms with Crippen LogP contribution in [0, 0.1) is 0 Å². The van der Waals surface area contributed by atoms with Gasteiger partial charge in [0.15, 0.2) is 5.11 Å². The van der Waals surface area contributed by atoms with E-state index in [0.29, 0.717) is 17.2 Å². The number of carbonyl (C=O) groups is 1. The van der Waals surface area contributed by atoms with Crippen molar-refractivity contribution in [3.8, 4) is 0 Å². The van der Waals surface area contributed by atoms with Gasteiger partial charge < -0.3 is 5.32 Å². The zero-order valence-electron chi connectivity index (χ0n) is 13.4. The second-order valence-corrected chi connectivity index (χ2v) is 5.72. The average Bonchev–Trinajstić information content (AvgIpc) is 2.61. The molecule has 0 aromatic heterocycles. The van der Waals surface area contributed by atoms with Crippen molar-refractivity contribution in [1.82, 2.24) is 10.2 Å². The fraction of sp³-hybridized carbons (Fsp3) is 0.263. The van der Waals surface area contributed by atoms with Crippen molar-refractivity contribution in [3.63, 3.8) is 0 Å². The van der Waals surface area contributed by atoms with E-state index in [0.717, 1.165) is 24.9 Å². The van der Waals surface area contributed by atoms with Crippen molar-refractivity contribution >= 4 is 23.2 Å². The quantitative estimate of drug-likeness (QED) is 0.643. The van der Waals surface area contributed by atoms with E-state index < -0.39 is 0 Å². The number of hydrogen-bond acceptors (Lipinski definition) is 2. The molecule has 23 heavy (non-hydrogen) atoms. The van der Waals surface area contributed by atoms with Gasteiger partial charge in [-0.2, -0.15) is 0 Å². The van der Waals surface area contributed by atoms with Crippen LogP contribution in [0.3, 0.4) is 0 Å². The highest BCUT2D eigenvalue weighted by atomic mass is 32.1. The van der Waals surface area contributed by atoms with Gasteiger partial charge in [-0.1, -0.05) is 61.9 Å². The molecule has 0 aliphatic carbocycles. The third-order valence-electron chi connectivity index (χ3n) is 3.50. The Hall–Kier alpha value is -2.20. The number of unbranched alkanes of at least 4 members (excludes halogenated alkanes) is 1. The number of amides is 1. The van der Waals surface area contributed by atoms with Gasteiger partial charge in [0, 0.05) is 12.1 Å². The number of nitrogens with one attached hydrogen (secondary N) is 1. The van der Waals surface area contributed by atoms with Crippen LogP contribution in [0.5, 0.6) is 0 Å². The molecular formula is C19H22N2OS. The molecule has 0 saturated carbocycles. The lowest BCUT2D eigenvalue weighted by Gasteiger charge is -2.24. The average molecular weight is 326 g/mol. The molecule has 0 unspecified atom stereocenters. The molecule has 2 rings (SSSR count). The number of benzene rings is 2. The summed E-state index contributed by atoms with van der Waals surface area (Å²) in [7, 11) is 0. The summed E-state index contributed by atoms with van der Waals surface area (Å²) in [5.41, 5.74) is 1.69. The Morgan fingerprint density at radius 3 is 2.26 bits per heavy atom. The Morgan fingerprint density at radius 1 is 1.04 bits per heavy atom. The lowest BCUT2D eigenvalue weighted by Crippen LogP contribution is -2.43. The lowest BCUT2D eigenvalue weighted by molar-refractivity contribution is 0.0838. The SMILES string of the molecule is CCCCNC(=S)N(Cc1ccccc1)C(=O)c1ccccc1. The molecular weight excluding hydrogens is 304 g/mol. The summed E-state index contributed by atoms with van der Waals surface area (Å²) in [6.07, 6.45) is 2.11. The highest BCUT2D eigenvalue weighted by Gasteiger charge is 2.19. The van der Waals surface area contributed by atoms with Crippen LogP contribution in [-0.2, 0) is 6.54 Å². The van der Waals surface area contributed by atoms with E-state index in [9.17, 15) is 4.79 Å². The predicted molar refractivity (Wildman–Crippen MR) is 98.3 cm³/mol. The van der Waals surface area contributed by atoms with Gasteiger partial charge in [0.25, 0.3) is 5.91 Å². The van der Waals surface area contributed by atoms with Gasteiger partial charge in [0.2, 0.25) is 0 Å². The van der Waals surface area contributed by atoms with Gasteiger partial charge in [-0.25, -0.2) is 0 Å². The van der Waals surface area contributed by atoms with Gasteiger partial charge in [-0.15, -0.1) is 0 Å². The number of carbonyl (C=O) groups excluding carboxylic acids is 1. The minimum Gasteiger partial charge on any atom is -0.362 e. The fourth-order valence-corrected chi connectivity index (χ4v) is 2.46. The minimum absolute atomic E-state index is 0.0801. The van der Waals surface area contributed by atoms with E-state index in [4.69, 9.17) is 12.2 Å². The lowest BCUT2D eigenvalue weighted by atomic mass is 10.1. The van der Waals surface area contributed by atoms with Crippen LogP contribution in [0.1, 0.15) is 35.7 Å². The zero-order chi connectivity index (χ0) is 16.5. The van der Waals surface area contributed by atoms with Crippen molar-refractivity contribution < 1.29 is 4.79 Å². The smallest absolute Gasteiger partial charge is 0.260 e. The minimum atomic E-state index is -0.0801. The molecule has 0 spiro atoms. The largest absolute Gasteiger partial charge is 0.362 e. The van der Waals surface area contributed by atoms with Crippen LogP contribution >= 0.6 is 12.2 Å². The zero-order valence-corrected chi connectivity index (χ0v) is 14.2. The summed E-state index contributed by atoms with van der Waals surface area (Å²) in [6.45, 7) is 3.37. The van der Waals surface area contributed by atoms with Gasteiger partial charge in [0.1, 0.15) is 0 Å². The molecule has 4 heteroatoms. The molecule has 2 aromatic carbocycles. The number of hydrogen-bond donors (Lipinski definition) is 1. The Balaban J connectivity index is 2.16. The first-order valence-electron chi connectivity index (χ1n) is 7.91. The number of thiocarbonyl (C=S) groups is 1. The van der Waals surface area contributed by atoms with Crippen LogP contribution < -0.4 is 5.32 Å².